The summed E-state index contributed by atoms with van der Waals surface area (Å²) in [5.41, 5.74) is 0.583. The van der Waals surface area contributed by atoms with Crippen LogP contribution in [0.5, 0.6) is 5.75 Å². The minimum absolute atomic E-state index is 0.0852. The predicted octanol–water partition coefficient (Wildman–Crippen LogP) is 1.22. The molecular weight excluding hydrogens is 294 g/mol. The fourth-order valence-electron chi connectivity index (χ4n) is 2.87. The number of carbonyl (C=O) groups excluding carboxylic acids is 1. The number of nitrogens with zero attached hydrogens (tertiary/aromatic N) is 4. The summed E-state index contributed by atoms with van der Waals surface area (Å²) >= 11 is 0. The van der Waals surface area contributed by atoms with E-state index in [4.69, 9.17) is 4.74 Å². The Morgan fingerprint density at radius 2 is 2.35 bits per heavy atom. The van der Waals surface area contributed by atoms with Crippen molar-refractivity contribution in [1.82, 2.24) is 20.1 Å². The van der Waals surface area contributed by atoms with Crippen molar-refractivity contribution in [2.24, 2.45) is 7.05 Å². The number of ether oxygens (including phenoxy) is 1. The number of amides is 1. The van der Waals surface area contributed by atoms with E-state index in [-0.39, 0.29) is 11.9 Å². The van der Waals surface area contributed by atoms with Gasteiger partial charge in [0.25, 0.3) is 5.91 Å². The topological polar surface area (TPSA) is 72.3 Å². The first-order valence-electron chi connectivity index (χ1n) is 7.71. The lowest BCUT2D eigenvalue weighted by atomic mass is 10.1. The van der Waals surface area contributed by atoms with Crippen LogP contribution in [-0.2, 0) is 7.05 Å². The quantitative estimate of drug-likeness (QED) is 0.918. The zero-order valence-electron chi connectivity index (χ0n) is 13.4. The number of aromatic nitrogens is 3. The number of rotatable bonds is 4. The van der Waals surface area contributed by atoms with Crippen LogP contribution >= 0.6 is 0 Å². The van der Waals surface area contributed by atoms with Gasteiger partial charge in [-0.2, -0.15) is 5.10 Å². The van der Waals surface area contributed by atoms with E-state index in [1.54, 1.807) is 37.4 Å². The Morgan fingerprint density at radius 3 is 3.09 bits per heavy atom. The van der Waals surface area contributed by atoms with Crippen molar-refractivity contribution in [2.75, 3.05) is 25.1 Å². The molecule has 122 valence electrons. The zero-order chi connectivity index (χ0) is 16.2. The standard InChI is InChI=1S/C16H21N5O2/c1-20-10-12(9-18-20)16(22)19-13-5-4-8-21(11-13)15-14(23-2)6-3-7-17-15/h3,6-7,9-10,13H,4-5,8,11H2,1-2H3,(H,19,22). The Morgan fingerprint density at radius 1 is 1.48 bits per heavy atom. The summed E-state index contributed by atoms with van der Waals surface area (Å²) in [5, 5.41) is 7.12. The number of hydrogen-bond donors (Lipinski definition) is 1. The van der Waals surface area contributed by atoms with Gasteiger partial charge in [-0.3, -0.25) is 9.48 Å². The summed E-state index contributed by atoms with van der Waals surface area (Å²) < 4.78 is 7.01. The minimum atomic E-state index is -0.0852. The molecule has 7 heteroatoms. The average molecular weight is 315 g/mol. The Labute approximate surface area is 135 Å². The molecule has 0 spiro atoms. The van der Waals surface area contributed by atoms with Gasteiger partial charge < -0.3 is 15.0 Å². The van der Waals surface area contributed by atoms with E-state index in [9.17, 15) is 4.79 Å². The largest absolute Gasteiger partial charge is 0.493 e. The Kier molecular flexibility index (Phi) is 4.45. The summed E-state index contributed by atoms with van der Waals surface area (Å²) in [4.78, 5) is 18.9. The molecule has 23 heavy (non-hydrogen) atoms. The van der Waals surface area contributed by atoms with Crippen molar-refractivity contribution in [1.29, 1.82) is 0 Å². The first-order valence-corrected chi connectivity index (χ1v) is 7.71. The highest BCUT2D eigenvalue weighted by Crippen LogP contribution is 2.27. The van der Waals surface area contributed by atoms with Crippen molar-refractivity contribution in [3.8, 4) is 5.75 Å². The summed E-state index contributed by atoms with van der Waals surface area (Å²) in [7, 11) is 3.44. The second-order valence-corrected chi connectivity index (χ2v) is 5.69. The number of nitrogens with one attached hydrogen (secondary N) is 1. The molecule has 1 atom stereocenters. The van der Waals surface area contributed by atoms with Crippen LogP contribution in [0.3, 0.4) is 0 Å². The van der Waals surface area contributed by atoms with E-state index in [2.05, 4.69) is 20.3 Å². The van der Waals surface area contributed by atoms with Gasteiger partial charge in [-0.1, -0.05) is 0 Å². The molecule has 1 aliphatic rings. The van der Waals surface area contributed by atoms with Crippen LogP contribution in [0.15, 0.2) is 30.7 Å². The van der Waals surface area contributed by atoms with Gasteiger partial charge in [0.1, 0.15) is 0 Å². The average Bonchev–Trinajstić information content (AvgIpc) is 3.02. The minimum Gasteiger partial charge on any atom is -0.493 e. The molecule has 1 amide bonds. The molecule has 2 aromatic heterocycles. The van der Waals surface area contributed by atoms with Gasteiger partial charge in [-0.25, -0.2) is 4.98 Å². The second-order valence-electron chi connectivity index (χ2n) is 5.69. The highest BCUT2D eigenvalue weighted by Gasteiger charge is 2.24. The van der Waals surface area contributed by atoms with Crippen LogP contribution in [0.25, 0.3) is 0 Å². The monoisotopic (exact) mass is 315 g/mol. The third kappa shape index (κ3) is 3.44. The van der Waals surface area contributed by atoms with Gasteiger partial charge in [-0.15, -0.1) is 0 Å². The third-order valence-electron chi connectivity index (χ3n) is 3.99. The Balaban J connectivity index is 1.67. The van der Waals surface area contributed by atoms with Crippen molar-refractivity contribution in [3.63, 3.8) is 0 Å². The highest BCUT2D eigenvalue weighted by molar-refractivity contribution is 5.93. The van der Waals surface area contributed by atoms with Crippen molar-refractivity contribution >= 4 is 11.7 Å². The van der Waals surface area contributed by atoms with Crippen LogP contribution in [-0.4, -0.2) is 46.9 Å². The zero-order valence-corrected chi connectivity index (χ0v) is 13.4. The lowest BCUT2D eigenvalue weighted by molar-refractivity contribution is 0.0933. The SMILES string of the molecule is COc1cccnc1N1CCCC(NC(=O)c2cnn(C)c2)C1. The van der Waals surface area contributed by atoms with E-state index in [1.165, 1.54) is 0 Å². The molecule has 2 aromatic rings. The van der Waals surface area contributed by atoms with E-state index < -0.39 is 0 Å². The van der Waals surface area contributed by atoms with Gasteiger partial charge in [0.15, 0.2) is 11.6 Å². The first-order chi connectivity index (χ1) is 11.2. The number of piperidine rings is 1. The van der Waals surface area contributed by atoms with Crippen molar-refractivity contribution in [2.45, 2.75) is 18.9 Å². The molecule has 0 saturated carbocycles. The predicted molar refractivity (Wildman–Crippen MR) is 86.7 cm³/mol. The van der Waals surface area contributed by atoms with E-state index in [0.29, 0.717) is 5.56 Å². The van der Waals surface area contributed by atoms with Crippen LogP contribution in [0.1, 0.15) is 23.2 Å². The normalized spacial score (nSPS) is 17.8. The number of hydrogen-bond acceptors (Lipinski definition) is 5. The molecular formula is C16H21N5O2. The van der Waals surface area contributed by atoms with Gasteiger partial charge in [0.2, 0.25) is 0 Å². The number of pyridine rings is 1. The number of anilines is 1. The highest BCUT2D eigenvalue weighted by atomic mass is 16.5. The molecule has 7 nitrogen and oxygen atoms in total. The molecule has 1 unspecified atom stereocenters. The van der Waals surface area contributed by atoms with Crippen LogP contribution < -0.4 is 15.0 Å². The van der Waals surface area contributed by atoms with E-state index in [0.717, 1.165) is 37.5 Å². The first kappa shape index (κ1) is 15.3. The lowest BCUT2D eigenvalue weighted by Crippen LogP contribution is -2.48. The number of carbonyl (C=O) groups is 1. The van der Waals surface area contributed by atoms with Crippen molar-refractivity contribution < 1.29 is 9.53 Å². The molecule has 0 aliphatic carbocycles. The molecule has 3 heterocycles. The Bertz CT molecular complexity index is 685. The van der Waals surface area contributed by atoms with E-state index in [1.807, 2.05) is 12.1 Å². The van der Waals surface area contributed by atoms with Crippen LogP contribution in [0.2, 0.25) is 0 Å². The third-order valence-corrected chi connectivity index (χ3v) is 3.99. The fraction of sp³-hybridized carbons (Fsp3) is 0.438. The lowest BCUT2D eigenvalue weighted by Gasteiger charge is -2.34. The second kappa shape index (κ2) is 6.68. The molecule has 3 rings (SSSR count). The molecule has 0 aromatic carbocycles. The maximum atomic E-state index is 12.3. The fourth-order valence-corrected chi connectivity index (χ4v) is 2.87. The smallest absolute Gasteiger partial charge is 0.254 e. The van der Waals surface area contributed by atoms with Gasteiger partial charge >= 0.3 is 0 Å². The van der Waals surface area contributed by atoms with Gasteiger partial charge in [-0.05, 0) is 25.0 Å². The number of aryl methyl sites for hydroxylation is 1. The maximum absolute atomic E-state index is 12.3. The summed E-state index contributed by atoms with van der Waals surface area (Å²) in [6.07, 6.45) is 7.01. The molecule has 1 saturated heterocycles. The van der Waals surface area contributed by atoms with Gasteiger partial charge in [0.05, 0.1) is 18.9 Å². The molecule has 1 aliphatic heterocycles. The molecule has 1 N–H and O–H groups in total. The van der Waals surface area contributed by atoms with Crippen LogP contribution in [0, 0.1) is 0 Å². The van der Waals surface area contributed by atoms with Gasteiger partial charge in [0, 0.05) is 38.6 Å². The molecule has 0 bridgehead atoms. The van der Waals surface area contributed by atoms with Crippen LogP contribution in [0.4, 0.5) is 5.82 Å². The summed E-state index contributed by atoms with van der Waals surface area (Å²) in [5.74, 6) is 1.50. The Hall–Kier alpha value is -2.57. The van der Waals surface area contributed by atoms with E-state index >= 15 is 0 Å². The summed E-state index contributed by atoms with van der Waals surface area (Å²) in [6, 6.07) is 3.84. The molecule has 0 radical (unpaired) electrons. The summed E-state index contributed by atoms with van der Waals surface area (Å²) in [6.45, 7) is 1.63. The molecule has 1 fully saturated rings. The number of methoxy groups -OCH3 is 1. The maximum Gasteiger partial charge on any atom is 0.254 e. The van der Waals surface area contributed by atoms with Crippen molar-refractivity contribution in [3.05, 3.63) is 36.3 Å².